The van der Waals surface area contributed by atoms with Gasteiger partial charge in [-0.15, -0.1) is 0 Å². The van der Waals surface area contributed by atoms with Crippen LogP contribution < -0.4 is 9.47 Å². The summed E-state index contributed by atoms with van der Waals surface area (Å²) in [5, 5.41) is 0.746. The molecule has 1 aliphatic heterocycles. The molecule has 0 saturated heterocycles. The third kappa shape index (κ3) is 3.13. The highest BCUT2D eigenvalue weighted by Crippen LogP contribution is 2.38. The van der Waals surface area contributed by atoms with Gasteiger partial charge in [0.2, 0.25) is 0 Å². The molecule has 0 unspecified atom stereocenters. The Bertz CT molecular complexity index is 729. The predicted octanol–water partition coefficient (Wildman–Crippen LogP) is 4.59. The highest BCUT2D eigenvalue weighted by atomic mass is 35.5. The van der Waals surface area contributed by atoms with Crippen LogP contribution in [-0.4, -0.2) is 25.5 Å². The Labute approximate surface area is 141 Å². The number of nitrogens with zero attached hydrogens (tertiary/aromatic N) is 2. The monoisotopic (exact) mass is 330 g/mol. The number of ether oxygens (including phenoxy) is 2. The second kappa shape index (κ2) is 6.50. The number of fused-ring (bicyclic) bond motifs is 1. The Hall–Kier alpha value is -2.20. The zero-order valence-electron chi connectivity index (χ0n) is 13.4. The molecule has 0 bridgehead atoms. The van der Waals surface area contributed by atoms with E-state index < -0.39 is 0 Å². The molecular formula is C18H19ClN2O2. The van der Waals surface area contributed by atoms with Crippen molar-refractivity contribution in [3.05, 3.63) is 52.5 Å². The Morgan fingerprint density at radius 1 is 1.09 bits per heavy atom. The summed E-state index contributed by atoms with van der Waals surface area (Å²) < 4.78 is 10.7. The average molecular weight is 331 g/mol. The largest absolute Gasteiger partial charge is 0.493 e. The molecule has 120 valence electrons. The van der Waals surface area contributed by atoms with E-state index in [0.717, 1.165) is 28.6 Å². The molecule has 0 radical (unpaired) electrons. The van der Waals surface area contributed by atoms with Crippen LogP contribution in [0.5, 0.6) is 11.5 Å². The van der Waals surface area contributed by atoms with E-state index >= 15 is 0 Å². The molecule has 0 saturated carbocycles. The van der Waals surface area contributed by atoms with Gasteiger partial charge in [-0.05, 0) is 30.7 Å². The van der Waals surface area contributed by atoms with Crippen molar-refractivity contribution in [3.8, 4) is 11.5 Å². The SMILES string of the molecule is COc1cc2c(cc1OC)N=CN([C@H](C)c1ccc(Cl)cc1)C2. The minimum absolute atomic E-state index is 0.206. The van der Waals surface area contributed by atoms with Crippen LogP contribution in [-0.2, 0) is 6.54 Å². The van der Waals surface area contributed by atoms with Crippen LogP contribution in [0.3, 0.4) is 0 Å². The van der Waals surface area contributed by atoms with Gasteiger partial charge in [-0.2, -0.15) is 0 Å². The molecule has 1 aliphatic rings. The summed E-state index contributed by atoms with van der Waals surface area (Å²) >= 11 is 5.97. The van der Waals surface area contributed by atoms with Crippen molar-refractivity contribution in [2.45, 2.75) is 19.5 Å². The van der Waals surface area contributed by atoms with E-state index in [1.54, 1.807) is 14.2 Å². The molecule has 3 rings (SSSR count). The lowest BCUT2D eigenvalue weighted by molar-refractivity contribution is 0.331. The molecule has 0 N–H and O–H groups in total. The first-order valence-corrected chi connectivity index (χ1v) is 7.80. The number of aliphatic imine (C=N–C) groups is 1. The molecule has 1 atom stereocenters. The summed E-state index contributed by atoms with van der Waals surface area (Å²) in [5.74, 6) is 1.42. The molecule has 23 heavy (non-hydrogen) atoms. The molecule has 0 amide bonds. The van der Waals surface area contributed by atoms with E-state index in [2.05, 4.69) is 16.8 Å². The lowest BCUT2D eigenvalue weighted by Crippen LogP contribution is -2.27. The van der Waals surface area contributed by atoms with Gasteiger partial charge in [0.15, 0.2) is 11.5 Å². The van der Waals surface area contributed by atoms with Crippen molar-refractivity contribution in [2.24, 2.45) is 4.99 Å². The first kappa shape index (κ1) is 15.7. The van der Waals surface area contributed by atoms with Gasteiger partial charge in [-0.1, -0.05) is 23.7 Å². The summed E-state index contributed by atoms with van der Waals surface area (Å²) in [7, 11) is 3.27. The molecule has 0 aliphatic carbocycles. The van der Waals surface area contributed by atoms with E-state index in [-0.39, 0.29) is 6.04 Å². The summed E-state index contributed by atoms with van der Waals surface area (Å²) in [4.78, 5) is 6.75. The lowest BCUT2D eigenvalue weighted by atomic mass is 10.0. The van der Waals surface area contributed by atoms with Crippen LogP contribution in [0.15, 0.2) is 41.4 Å². The molecule has 4 nitrogen and oxygen atoms in total. The zero-order chi connectivity index (χ0) is 16.4. The highest BCUT2D eigenvalue weighted by molar-refractivity contribution is 6.30. The molecular weight excluding hydrogens is 312 g/mol. The van der Waals surface area contributed by atoms with Crippen LogP contribution in [0, 0.1) is 0 Å². The minimum atomic E-state index is 0.206. The smallest absolute Gasteiger partial charge is 0.162 e. The Balaban J connectivity index is 1.87. The molecule has 2 aromatic carbocycles. The van der Waals surface area contributed by atoms with Crippen LogP contribution in [0.1, 0.15) is 24.1 Å². The van der Waals surface area contributed by atoms with Gasteiger partial charge < -0.3 is 14.4 Å². The van der Waals surface area contributed by atoms with Gasteiger partial charge in [0.1, 0.15) is 0 Å². The summed E-state index contributed by atoms with van der Waals surface area (Å²) in [6, 6.07) is 12.0. The number of rotatable bonds is 4. The maximum Gasteiger partial charge on any atom is 0.162 e. The van der Waals surface area contributed by atoms with Crippen molar-refractivity contribution in [3.63, 3.8) is 0 Å². The van der Waals surface area contributed by atoms with Gasteiger partial charge in [0, 0.05) is 23.2 Å². The third-order valence-electron chi connectivity index (χ3n) is 4.13. The second-order valence-corrected chi connectivity index (χ2v) is 5.92. The quantitative estimate of drug-likeness (QED) is 0.822. The highest BCUT2D eigenvalue weighted by Gasteiger charge is 2.20. The number of benzene rings is 2. The summed E-state index contributed by atoms with van der Waals surface area (Å²) in [6.45, 7) is 2.92. The number of hydrogen-bond donors (Lipinski definition) is 0. The Morgan fingerprint density at radius 2 is 1.74 bits per heavy atom. The maximum atomic E-state index is 5.97. The van der Waals surface area contributed by atoms with Crippen molar-refractivity contribution in [1.82, 2.24) is 4.90 Å². The molecule has 5 heteroatoms. The maximum absolute atomic E-state index is 5.97. The van der Waals surface area contributed by atoms with Crippen molar-refractivity contribution in [2.75, 3.05) is 14.2 Å². The van der Waals surface area contributed by atoms with Crippen molar-refractivity contribution < 1.29 is 9.47 Å². The number of hydrogen-bond acceptors (Lipinski definition) is 4. The predicted molar refractivity (Wildman–Crippen MR) is 93.1 cm³/mol. The minimum Gasteiger partial charge on any atom is -0.493 e. The summed E-state index contributed by atoms with van der Waals surface area (Å²) in [6.07, 6.45) is 1.88. The standard InChI is InChI=1S/C18H19ClN2O2/c1-12(13-4-6-15(19)7-5-13)21-10-14-8-17(22-2)18(23-3)9-16(14)20-11-21/h4-9,11-12H,10H2,1-3H3/t12-/m1/s1. The van der Waals surface area contributed by atoms with E-state index in [4.69, 9.17) is 21.1 Å². The van der Waals surface area contributed by atoms with E-state index in [1.807, 2.05) is 42.7 Å². The first-order chi connectivity index (χ1) is 11.1. The van der Waals surface area contributed by atoms with Gasteiger partial charge in [0.25, 0.3) is 0 Å². The van der Waals surface area contributed by atoms with Crippen LogP contribution in [0.4, 0.5) is 5.69 Å². The van der Waals surface area contributed by atoms with Gasteiger partial charge in [-0.25, -0.2) is 4.99 Å². The third-order valence-corrected chi connectivity index (χ3v) is 4.38. The molecule has 2 aromatic rings. The van der Waals surface area contributed by atoms with E-state index in [1.165, 1.54) is 5.56 Å². The van der Waals surface area contributed by atoms with Crippen LogP contribution in [0.25, 0.3) is 0 Å². The lowest BCUT2D eigenvalue weighted by Gasteiger charge is -2.31. The Kier molecular flexibility index (Phi) is 4.44. The fourth-order valence-electron chi connectivity index (χ4n) is 2.70. The average Bonchev–Trinajstić information content (AvgIpc) is 2.60. The van der Waals surface area contributed by atoms with E-state index in [9.17, 15) is 0 Å². The molecule has 0 fully saturated rings. The fraction of sp³-hybridized carbons (Fsp3) is 0.278. The Morgan fingerprint density at radius 3 is 2.39 bits per heavy atom. The molecule has 0 spiro atoms. The normalized spacial score (nSPS) is 14.3. The zero-order valence-corrected chi connectivity index (χ0v) is 14.2. The number of methoxy groups -OCH3 is 2. The molecule has 0 aromatic heterocycles. The van der Waals surface area contributed by atoms with Gasteiger partial charge in [0.05, 0.1) is 32.3 Å². The first-order valence-electron chi connectivity index (χ1n) is 7.42. The van der Waals surface area contributed by atoms with Crippen molar-refractivity contribution in [1.29, 1.82) is 0 Å². The molecule has 1 heterocycles. The van der Waals surface area contributed by atoms with Crippen LogP contribution >= 0.6 is 11.6 Å². The van der Waals surface area contributed by atoms with Crippen molar-refractivity contribution >= 4 is 23.6 Å². The topological polar surface area (TPSA) is 34.1 Å². The van der Waals surface area contributed by atoms with E-state index in [0.29, 0.717) is 5.75 Å². The second-order valence-electron chi connectivity index (χ2n) is 5.48. The van der Waals surface area contributed by atoms with Gasteiger partial charge in [-0.3, -0.25) is 0 Å². The fourth-order valence-corrected chi connectivity index (χ4v) is 2.83. The summed E-state index contributed by atoms with van der Waals surface area (Å²) in [5.41, 5.74) is 3.23. The number of halogens is 1. The van der Waals surface area contributed by atoms with Crippen LogP contribution in [0.2, 0.25) is 5.02 Å². The van der Waals surface area contributed by atoms with Gasteiger partial charge >= 0.3 is 0 Å².